The van der Waals surface area contributed by atoms with Gasteiger partial charge in [-0.1, -0.05) is 140 Å². The molecule has 63 heavy (non-hydrogen) atoms. The highest BCUT2D eigenvalue weighted by Crippen LogP contribution is 2.45. The van der Waals surface area contributed by atoms with E-state index in [2.05, 4.69) is 126 Å². The summed E-state index contributed by atoms with van der Waals surface area (Å²) in [6.07, 6.45) is 0. The molecule has 5 aromatic heterocycles. The first-order valence-corrected chi connectivity index (χ1v) is 21.7. The van der Waals surface area contributed by atoms with E-state index >= 15 is 0 Å². The van der Waals surface area contributed by atoms with Crippen LogP contribution < -0.4 is 0 Å². The highest BCUT2D eigenvalue weighted by molar-refractivity contribution is 7.26. The smallest absolute Gasteiger partial charge is 0.164 e. The number of fused-ring (bicyclic) bond motifs is 9. The van der Waals surface area contributed by atoms with Crippen molar-refractivity contribution < 1.29 is 4.42 Å². The summed E-state index contributed by atoms with van der Waals surface area (Å²) in [5.74, 6) is 2.43. The SMILES string of the molecule is c1ccc(-c2nc(-c3ccccc3)nc(-c3cccc4oc5c(-c6nc(-c7ccc8c(c7)c7ccccc7n8-c7ccccc7)nc7c6sc6ccccc67)cccc5c34)n2)cc1. The molecule has 0 amide bonds. The van der Waals surface area contributed by atoms with Gasteiger partial charge in [-0.3, -0.25) is 0 Å². The molecule has 0 aliphatic heterocycles. The number of benzene rings is 8. The average molecular weight is 825 g/mol. The van der Waals surface area contributed by atoms with Gasteiger partial charge in [0.1, 0.15) is 11.2 Å². The third-order valence-electron chi connectivity index (χ3n) is 11.9. The second-order valence-corrected chi connectivity index (χ2v) is 16.6. The number of para-hydroxylation sites is 3. The van der Waals surface area contributed by atoms with Gasteiger partial charge in [0.15, 0.2) is 23.3 Å². The van der Waals surface area contributed by atoms with Crippen LogP contribution in [0.2, 0.25) is 0 Å². The van der Waals surface area contributed by atoms with Gasteiger partial charge in [-0.15, -0.1) is 11.3 Å². The van der Waals surface area contributed by atoms with Crippen molar-refractivity contribution in [3.63, 3.8) is 0 Å². The second kappa shape index (κ2) is 14.1. The number of hydrogen-bond donors (Lipinski definition) is 0. The van der Waals surface area contributed by atoms with Crippen LogP contribution in [0.1, 0.15) is 0 Å². The van der Waals surface area contributed by atoms with Crippen LogP contribution in [-0.4, -0.2) is 29.5 Å². The number of hydrogen-bond acceptors (Lipinski definition) is 7. The van der Waals surface area contributed by atoms with Crippen molar-refractivity contribution in [3.8, 4) is 62.5 Å². The van der Waals surface area contributed by atoms with Gasteiger partial charge in [-0.25, -0.2) is 24.9 Å². The van der Waals surface area contributed by atoms with E-state index in [1.54, 1.807) is 11.3 Å². The monoisotopic (exact) mass is 824 g/mol. The largest absolute Gasteiger partial charge is 0.455 e. The Morgan fingerprint density at radius 3 is 1.79 bits per heavy atom. The molecule has 0 bridgehead atoms. The van der Waals surface area contributed by atoms with Crippen LogP contribution in [-0.2, 0) is 0 Å². The normalized spacial score (nSPS) is 11.8. The van der Waals surface area contributed by atoms with E-state index in [1.807, 2.05) is 72.8 Å². The Balaban J connectivity index is 1.03. The third kappa shape index (κ3) is 5.69. The number of furan rings is 1. The highest BCUT2D eigenvalue weighted by atomic mass is 32.1. The van der Waals surface area contributed by atoms with E-state index < -0.39 is 0 Å². The summed E-state index contributed by atoms with van der Waals surface area (Å²) >= 11 is 1.71. The molecule has 8 heteroatoms. The maximum atomic E-state index is 6.92. The zero-order valence-corrected chi connectivity index (χ0v) is 34.3. The second-order valence-electron chi connectivity index (χ2n) is 15.6. The van der Waals surface area contributed by atoms with E-state index in [0.29, 0.717) is 23.3 Å². The Morgan fingerprint density at radius 2 is 1.02 bits per heavy atom. The molecular weight excluding hydrogens is 793 g/mol. The lowest BCUT2D eigenvalue weighted by Crippen LogP contribution is -2.00. The molecule has 0 fully saturated rings. The summed E-state index contributed by atoms with van der Waals surface area (Å²) in [6, 6.07) is 66.7. The fourth-order valence-corrected chi connectivity index (χ4v) is 10.2. The van der Waals surface area contributed by atoms with Crippen molar-refractivity contribution in [2.24, 2.45) is 0 Å². The summed E-state index contributed by atoms with van der Waals surface area (Å²) in [7, 11) is 0. The Kier molecular flexibility index (Phi) is 7.94. The van der Waals surface area contributed by atoms with Gasteiger partial charge in [0, 0.05) is 65.1 Å². The third-order valence-corrected chi connectivity index (χ3v) is 13.0. The van der Waals surface area contributed by atoms with Gasteiger partial charge >= 0.3 is 0 Å². The van der Waals surface area contributed by atoms with Crippen molar-refractivity contribution in [1.82, 2.24) is 29.5 Å². The van der Waals surface area contributed by atoms with Crippen molar-refractivity contribution in [2.45, 2.75) is 0 Å². The van der Waals surface area contributed by atoms with Crippen LogP contribution in [0.15, 0.2) is 199 Å². The quantitative estimate of drug-likeness (QED) is 0.166. The maximum Gasteiger partial charge on any atom is 0.164 e. The summed E-state index contributed by atoms with van der Waals surface area (Å²) in [6.45, 7) is 0. The molecule has 0 aliphatic carbocycles. The van der Waals surface area contributed by atoms with Crippen molar-refractivity contribution in [1.29, 1.82) is 0 Å². The molecular formula is C55H32N6OS. The van der Waals surface area contributed by atoms with Gasteiger partial charge < -0.3 is 8.98 Å². The lowest BCUT2D eigenvalue weighted by Gasteiger charge is -2.10. The van der Waals surface area contributed by atoms with E-state index in [-0.39, 0.29) is 0 Å². The van der Waals surface area contributed by atoms with Crippen molar-refractivity contribution >= 4 is 75.4 Å². The van der Waals surface area contributed by atoms with Gasteiger partial charge in [-0.2, -0.15) is 0 Å². The molecule has 0 saturated carbocycles. The van der Waals surface area contributed by atoms with E-state index in [0.717, 1.165) is 97.9 Å². The van der Waals surface area contributed by atoms with Crippen LogP contribution in [0.3, 0.4) is 0 Å². The van der Waals surface area contributed by atoms with Crippen molar-refractivity contribution in [2.75, 3.05) is 0 Å². The van der Waals surface area contributed by atoms with E-state index in [9.17, 15) is 0 Å². The molecule has 294 valence electrons. The Bertz CT molecular complexity index is 3860. The van der Waals surface area contributed by atoms with Crippen LogP contribution >= 0.6 is 11.3 Å². The topological polar surface area (TPSA) is 82.5 Å². The lowest BCUT2D eigenvalue weighted by atomic mass is 10.0. The summed E-state index contributed by atoms with van der Waals surface area (Å²) in [5.41, 5.74) is 11.1. The standard InChI is InChI=1S/C55H32N6OS/c1-4-16-33(17-5-1)52-58-53(34-18-6-2-7-19-34)60-55(59-52)40-25-15-28-45-47(40)39-24-14-26-41(50(39)62-45)49-51-48(38-23-11-13-29-46(38)63-51)56-54(57-49)35-30-31-44-42(32-35)37-22-10-12-27-43(37)61(44)36-20-8-3-9-21-36/h1-32H. The minimum Gasteiger partial charge on any atom is -0.455 e. The molecule has 8 aromatic carbocycles. The maximum absolute atomic E-state index is 6.92. The Morgan fingerprint density at radius 1 is 0.413 bits per heavy atom. The first kappa shape index (κ1) is 35.4. The lowest BCUT2D eigenvalue weighted by molar-refractivity contribution is 0.670. The minimum atomic E-state index is 0.571. The molecule has 0 aliphatic rings. The highest BCUT2D eigenvalue weighted by Gasteiger charge is 2.24. The fourth-order valence-electron chi connectivity index (χ4n) is 9.02. The van der Waals surface area contributed by atoms with Crippen LogP contribution in [0.5, 0.6) is 0 Å². The Hall–Kier alpha value is -8.33. The van der Waals surface area contributed by atoms with E-state index in [1.165, 1.54) is 5.39 Å². The van der Waals surface area contributed by atoms with Gasteiger partial charge in [0.05, 0.1) is 26.9 Å². The molecule has 0 spiro atoms. The molecule has 5 heterocycles. The zero-order chi connectivity index (χ0) is 41.4. The zero-order valence-electron chi connectivity index (χ0n) is 33.5. The summed E-state index contributed by atoms with van der Waals surface area (Å²) < 4.78 is 11.4. The van der Waals surface area contributed by atoms with Crippen LogP contribution in [0.4, 0.5) is 0 Å². The Labute approximate surface area is 364 Å². The molecule has 0 radical (unpaired) electrons. The number of thiophene rings is 1. The molecule has 13 aromatic rings. The van der Waals surface area contributed by atoms with Crippen LogP contribution in [0, 0.1) is 0 Å². The average Bonchev–Trinajstić information content (AvgIpc) is 4.04. The number of nitrogens with zero attached hydrogens (tertiary/aromatic N) is 6. The van der Waals surface area contributed by atoms with Crippen LogP contribution in [0.25, 0.3) is 127 Å². The van der Waals surface area contributed by atoms with Gasteiger partial charge in [0.2, 0.25) is 0 Å². The summed E-state index contributed by atoms with van der Waals surface area (Å²) in [4.78, 5) is 26.0. The molecule has 0 unspecified atom stereocenters. The molecule has 0 N–H and O–H groups in total. The molecule has 0 saturated heterocycles. The van der Waals surface area contributed by atoms with Gasteiger partial charge in [-0.05, 0) is 54.6 Å². The molecule has 13 rings (SSSR count). The first-order valence-electron chi connectivity index (χ1n) is 20.8. The number of aromatic nitrogens is 6. The van der Waals surface area contributed by atoms with Crippen molar-refractivity contribution in [3.05, 3.63) is 194 Å². The van der Waals surface area contributed by atoms with Gasteiger partial charge in [0.25, 0.3) is 0 Å². The minimum absolute atomic E-state index is 0.571. The fraction of sp³-hybridized carbons (Fsp3) is 0. The first-order chi connectivity index (χ1) is 31.2. The molecule has 7 nitrogen and oxygen atoms in total. The predicted octanol–water partition coefficient (Wildman–Crippen LogP) is 14.4. The molecule has 0 atom stereocenters. The predicted molar refractivity (Wildman–Crippen MR) is 257 cm³/mol. The number of rotatable bonds is 6. The van der Waals surface area contributed by atoms with E-state index in [4.69, 9.17) is 29.3 Å². The summed E-state index contributed by atoms with van der Waals surface area (Å²) in [5, 5.41) is 5.30.